The van der Waals surface area contributed by atoms with Gasteiger partial charge in [-0.15, -0.1) is 0 Å². The summed E-state index contributed by atoms with van der Waals surface area (Å²) in [7, 11) is -2.60. The van der Waals surface area contributed by atoms with Gasteiger partial charge in [-0.1, -0.05) is 30.3 Å². The number of ether oxygens (including phenoxy) is 1. The van der Waals surface area contributed by atoms with E-state index in [-0.39, 0.29) is 15.3 Å². The first kappa shape index (κ1) is 19.0. The Labute approximate surface area is 166 Å². The molecule has 0 saturated heterocycles. The molecule has 0 atom stereocenters. The first-order chi connectivity index (χ1) is 13.9. The Hall–Kier alpha value is -3.32. The Morgan fingerprint density at radius 2 is 1.66 bits per heavy atom. The van der Waals surface area contributed by atoms with Crippen molar-refractivity contribution in [3.05, 3.63) is 84.6 Å². The summed E-state index contributed by atoms with van der Waals surface area (Å²) in [6.07, 6.45) is 1.12. The van der Waals surface area contributed by atoms with Gasteiger partial charge >= 0.3 is 0 Å². The summed E-state index contributed by atoms with van der Waals surface area (Å²) in [5.74, 6) is -0.642. The highest BCUT2D eigenvalue weighted by Crippen LogP contribution is 2.37. The number of pyridine rings is 1. The first-order valence-corrected chi connectivity index (χ1v) is 10.1. The van der Waals surface area contributed by atoms with Crippen molar-refractivity contribution in [1.29, 1.82) is 0 Å². The Morgan fingerprint density at radius 1 is 0.931 bits per heavy atom. The number of aromatic nitrogens is 1. The van der Waals surface area contributed by atoms with Crippen molar-refractivity contribution < 1.29 is 21.9 Å². The summed E-state index contributed by atoms with van der Waals surface area (Å²) in [6.45, 7) is 0. The van der Waals surface area contributed by atoms with Gasteiger partial charge in [-0.2, -0.15) is 0 Å². The predicted molar refractivity (Wildman–Crippen MR) is 106 cm³/mol. The van der Waals surface area contributed by atoms with Gasteiger partial charge in [0.2, 0.25) is 9.84 Å². The van der Waals surface area contributed by atoms with Crippen molar-refractivity contribution in [3.8, 4) is 16.9 Å². The molecule has 0 aliphatic carbocycles. The van der Waals surface area contributed by atoms with Crippen LogP contribution in [0.25, 0.3) is 22.0 Å². The van der Waals surface area contributed by atoms with Gasteiger partial charge in [-0.05, 0) is 42.0 Å². The highest BCUT2D eigenvalue weighted by Gasteiger charge is 2.25. The van der Waals surface area contributed by atoms with Crippen LogP contribution in [0.1, 0.15) is 0 Å². The first-order valence-electron chi connectivity index (χ1n) is 8.64. The molecule has 0 bridgehead atoms. The van der Waals surface area contributed by atoms with E-state index in [0.29, 0.717) is 22.3 Å². The van der Waals surface area contributed by atoms with Gasteiger partial charge in [0.1, 0.15) is 22.9 Å². The van der Waals surface area contributed by atoms with E-state index in [1.807, 2.05) is 0 Å². The van der Waals surface area contributed by atoms with Crippen LogP contribution < -0.4 is 4.74 Å². The lowest BCUT2D eigenvalue weighted by molar-refractivity contribution is 0.415. The second kappa shape index (κ2) is 7.25. The monoisotopic (exact) mass is 411 g/mol. The van der Waals surface area contributed by atoms with Crippen molar-refractivity contribution >= 4 is 20.7 Å². The number of nitrogens with zero attached hydrogens (tertiary/aromatic N) is 1. The maximum Gasteiger partial charge on any atom is 0.208 e. The number of fused-ring (bicyclic) bond motifs is 1. The number of rotatable bonds is 4. The summed E-state index contributed by atoms with van der Waals surface area (Å²) < 4.78 is 59.8. The molecule has 0 fully saturated rings. The van der Waals surface area contributed by atoms with Gasteiger partial charge in [0.15, 0.2) is 0 Å². The predicted octanol–water partition coefficient (Wildman–Crippen LogP) is 5.02. The van der Waals surface area contributed by atoms with Gasteiger partial charge in [-0.25, -0.2) is 17.2 Å². The van der Waals surface area contributed by atoms with Crippen LogP contribution in [0.4, 0.5) is 8.78 Å². The summed E-state index contributed by atoms with van der Waals surface area (Å²) >= 11 is 0. The van der Waals surface area contributed by atoms with Crippen LogP contribution in [0.15, 0.2) is 82.7 Å². The second-order valence-corrected chi connectivity index (χ2v) is 8.24. The molecule has 146 valence electrons. The van der Waals surface area contributed by atoms with Crippen molar-refractivity contribution in [2.75, 3.05) is 7.11 Å². The fourth-order valence-electron chi connectivity index (χ4n) is 3.19. The van der Waals surface area contributed by atoms with Crippen molar-refractivity contribution in [3.63, 3.8) is 0 Å². The van der Waals surface area contributed by atoms with E-state index in [9.17, 15) is 17.2 Å². The van der Waals surface area contributed by atoms with Gasteiger partial charge in [0.25, 0.3) is 0 Å². The fraction of sp³-hybridized carbons (Fsp3) is 0.0455. The van der Waals surface area contributed by atoms with E-state index in [4.69, 9.17) is 4.74 Å². The third-order valence-electron chi connectivity index (χ3n) is 4.59. The normalized spacial score (nSPS) is 11.6. The number of methoxy groups -OCH3 is 1. The molecule has 29 heavy (non-hydrogen) atoms. The average molecular weight is 411 g/mol. The number of hydrogen-bond acceptors (Lipinski definition) is 4. The van der Waals surface area contributed by atoms with E-state index in [2.05, 4.69) is 4.98 Å². The van der Waals surface area contributed by atoms with Crippen LogP contribution in [0.5, 0.6) is 5.75 Å². The smallest absolute Gasteiger partial charge is 0.208 e. The average Bonchev–Trinajstić information content (AvgIpc) is 2.73. The lowest BCUT2D eigenvalue weighted by Gasteiger charge is -2.14. The van der Waals surface area contributed by atoms with E-state index in [1.165, 1.54) is 31.4 Å². The minimum absolute atomic E-state index is 0.0523. The Morgan fingerprint density at radius 3 is 2.34 bits per heavy atom. The maximum atomic E-state index is 14.3. The zero-order valence-corrected chi connectivity index (χ0v) is 16.1. The summed E-state index contributed by atoms with van der Waals surface area (Å²) in [5, 5.41) is 0.340. The molecule has 1 heterocycles. The number of benzene rings is 3. The minimum Gasteiger partial charge on any atom is -0.497 e. The van der Waals surface area contributed by atoms with Gasteiger partial charge in [0.05, 0.1) is 16.9 Å². The Bertz CT molecular complexity index is 1320. The zero-order chi connectivity index (χ0) is 20.6. The molecule has 4 aromatic rings. The molecule has 0 spiro atoms. The van der Waals surface area contributed by atoms with E-state index >= 15 is 0 Å². The second-order valence-electron chi connectivity index (χ2n) is 6.32. The molecule has 3 aromatic carbocycles. The third-order valence-corrected chi connectivity index (χ3v) is 6.35. The maximum absolute atomic E-state index is 14.3. The summed E-state index contributed by atoms with van der Waals surface area (Å²) in [5.41, 5.74) is 0.886. The molecule has 0 radical (unpaired) electrons. The van der Waals surface area contributed by atoms with E-state index in [0.717, 1.165) is 18.3 Å². The largest absolute Gasteiger partial charge is 0.497 e. The van der Waals surface area contributed by atoms with Crippen LogP contribution in [0.3, 0.4) is 0 Å². The Balaban J connectivity index is 2.06. The van der Waals surface area contributed by atoms with Crippen LogP contribution in [0.2, 0.25) is 0 Å². The lowest BCUT2D eigenvalue weighted by atomic mass is 10.0. The van der Waals surface area contributed by atoms with Gasteiger partial charge in [0, 0.05) is 17.1 Å². The van der Waals surface area contributed by atoms with Crippen molar-refractivity contribution in [2.45, 2.75) is 9.79 Å². The SMILES string of the molecule is COc1ccc(-c2c(S(=O)(=O)c3cccc(F)c3)cnc3c(F)cccc23)cc1. The molecule has 0 aliphatic rings. The molecule has 0 amide bonds. The van der Waals surface area contributed by atoms with Crippen LogP contribution in [0, 0.1) is 11.6 Å². The molecular weight excluding hydrogens is 396 g/mol. The van der Waals surface area contributed by atoms with E-state index < -0.39 is 21.5 Å². The van der Waals surface area contributed by atoms with Crippen molar-refractivity contribution in [1.82, 2.24) is 4.98 Å². The standard InChI is InChI=1S/C22H15F2NO3S/c1-28-16-10-8-14(9-11-16)21-18-6-3-7-19(24)22(18)25-13-20(21)29(26,27)17-5-2-4-15(23)12-17/h2-13H,1H3. The summed E-state index contributed by atoms with van der Waals surface area (Å²) in [4.78, 5) is 3.71. The lowest BCUT2D eigenvalue weighted by Crippen LogP contribution is -2.06. The van der Waals surface area contributed by atoms with Crippen LogP contribution in [-0.4, -0.2) is 20.5 Å². The molecule has 0 N–H and O–H groups in total. The number of hydrogen-bond donors (Lipinski definition) is 0. The zero-order valence-electron chi connectivity index (χ0n) is 15.3. The Kier molecular flexibility index (Phi) is 4.76. The molecule has 0 aliphatic heterocycles. The van der Waals surface area contributed by atoms with E-state index in [1.54, 1.807) is 30.3 Å². The molecule has 7 heteroatoms. The highest BCUT2D eigenvalue weighted by atomic mass is 32.2. The summed E-state index contributed by atoms with van der Waals surface area (Å²) in [6, 6.07) is 15.8. The fourth-order valence-corrected chi connectivity index (χ4v) is 4.66. The van der Waals surface area contributed by atoms with Crippen LogP contribution in [-0.2, 0) is 9.84 Å². The molecule has 0 saturated carbocycles. The van der Waals surface area contributed by atoms with Gasteiger partial charge < -0.3 is 4.74 Å². The van der Waals surface area contributed by atoms with Crippen LogP contribution >= 0.6 is 0 Å². The third kappa shape index (κ3) is 3.34. The quantitative estimate of drug-likeness (QED) is 0.473. The minimum atomic E-state index is -4.12. The highest BCUT2D eigenvalue weighted by molar-refractivity contribution is 7.91. The molecule has 0 unspecified atom stereocenters. The molecule has 4 nitrogen and oxygen atoms in total. The number of sulfone groups is 1. The number of para-hydroxylation sites is 1. The molecule has 4 rings (SSSR count). The molecule has 1 aromatic heterocycles. The van der Waals surface area contributed by atoms with Crippen molar-refractivity contribution in [2.24, 2.45) is 0 Å². The topological polar surface area (TPSA) is 56.3 Å². The van der Waals surface area contributed by atoms with Gasteiger partial charge in [-0.3, -0.25) is 4.98 Å². The number of halogens is 2. The molecular formula is C22H15F2NO3S.